The highest BCUT2D eigenvalue weighted by molar-refractivity contribution is 6.76. The number of ether oxygens (including phenoxy) is 1. The topological polar surface area (TPSA) is 35.5 Å². The second-order valence-electron chi connectivity index (χ2n) is 4.28. The standard InChI is InChI=1S/C10H18O3Si/c1-7-6-9(10(11)12-3)14(4,5)13-8(7)2/h6,8-9H,1-5H3. The first-order valence-corrected chi connectivity index (χ1v) is 7.81. The van der Waals surface area contributed by atoms with Gasteiger partial charge in [0.05, 0.1) is 18.8 Å². The molecule has 1 rings (SSSR count). The Kier molecular flexibility index (Phi) is 3.16. The van der Waals surface area contributed by atoms with Gasteiger partial charge in [0, 0.05) is 0 Å². The van der Waals surface area contributed by atoms with E-state index in [4.69, 9.17) is 9.16 Å². The van der Waals surface area contributed by atoms with Crippen molar-refractivity contribution in [1.82, 2.24) is 0 Å². The van der Waals surface area contributed by atoms with Crippen LogP contribution in [0.3, 0.4) is 0 Å². The van der Waals surface area contributed by atoms with Crippen molar-refractivity contribution < 1.29 is 14.0 Å². The van der Waals surface area contributed by atoms with Crippen LogP contribution in [0.1, 0.15) is 13.8 Å². The molecule has 0 saturated carbocycles. The molecular formula is C10H18O3Si. The molecule has 2 unspecified atom stereocenters. The lowest BCUT2D eigenvalue weighted by Gasteiger charge is -2.36. The van der Waals surface area contributed by atoms with Crippen molar-refractivity contribution >= 4 is 14.3 Å². The predicted octanol–water partition coefficient (Wildman–Crippen LogP) is 2.10. The largest absolute Gasteiger partial charge is 0.469 e. The van der Waals surface area contributed by atoms with Crippen LogP contribution < -0.4 is 0 Å². The molecule has 2 atom stereocenters. The second kappa shape index (κ2) is 3.86. The molecule has 3 nitrogen and oxygen atoms in total. The summed E-state index contributed by atoms with van der Waals surface area (Å²) in [7, 11) is -0.535. The van der Waals surface area contributed by atoms with Crippen molar-refractivity contribution in [3.05, 3.63) is 11.6 Å². The van der Waals surface area contributed by atoms with E-state index in [1.165, 1.54) is 7.11 Å². The molecule has 80 valence electrons. The van der Waals surface area contributed by atoms with Crippen molar-refractivity contribution in [2.75, 3.05) is 7.11 Å². The Morgan fingerprint density at radius 1 is 1.57 bits per heavy atom. The van der Waals surface area contributed by atoms with Crippen molar-refractivity contribution in [2.45, 2.75) is 38.6 Å². The molecule has 1 aliphatic rings. The van der Waals surface area contributed by atoms with Crippen molar-refractivity contribution in [3.8, 4) is 0 Å². The van der Waals surface area contributed by atoms with Crippen LogP contribution in [0.5, 0.6) is 0 Å². The van der Waals surface area contributed by atoms with Gasteiger partial charge in [-0.1, -0.05) is 6.08 Å². The van der Waals surface area contributed by atoms with Crippen molar-refractivity contribution in [3.63, 3.8) is 0 Å². The molecule has 0 N–H and O–H groups in total. The van der Waals surface area contributed by atoms with Gasteiger partial charge in [0.2, 0.25) is 8.32 Å². The predicted molar refractivity (Wildman–Crippen MR) is 57.6 cm³/mol. The van der Waals surface area contributed by atoms with E-state index in [2.05, 4.69) is 0 Å². The molecule has 14 heavy (non-hydrogen) atoms. The molecule has 1 heterocycles. The van der Waals surface area contributed by atoms with Gasteiger partial charge >= 0.3 is 5.97 Å². The summed E-state index contributed by atoms with van der Waals surface area (Å²) in [4.78, 5) is 11.5. The molecule has 0 spiro atoms. The van der Waals surface area contributed by atoms with E-state index in [0.29, 0.717) is 0 Å². The normalized spacial score (nSPS) is 30.8. The summed E-state index contributed by atoms with van der Waals surface area (Å²) in [6, 6.07) is 0. The highest BCUT2D eigenvalue weighted by Crippen LogP contribution is 2.34. The molecule has 0 bridgehead atoms. The van der Waals surface area contributed by atoms with Crippen molar-refractivity contribution in [1.29, 1.82) is 0 Å². The van der Waals surface area contributed by atoms with Crippen LogP contribution in [0.4, 0.5) is 0 Å². The van der Waals surface area contributed by atoms with Crippen LogP contribution >= 0.6 is 0 Å². The number of methoxy groups -OCH3 is 1. The highest BCUT2D eigenvalue weighted by atomic mass is 28.4. The SMILES string of the molecule is COC(=O)C1C=C(C)C(C)O[Si]1(C)C. The molecule has 0 radical (unpaired) electrons. The molecule has 1 aliphatic heterocycles. The van der Waals surface area contributed by atoms with Gasteiger partial charge in [-0.05, 0) is 32.5 Å². The summed E-state index contributed by atoms with van der Waals surface area (Å²) in [5.74, 6) is -0.173. The molecule has 0 saturated heterocycles. The van der Waals surface area contributed by atoms with Gasteiger partial charge in [-0.25, -0.2) is 0 Å². The molecule has 0 aromatic rings. The van der Waals surface area contributed by atoms with Crippen LogP contribution in [0.15, 0.2) is 11.6 Å². The monoisotopic (exact) mass is 214 g/mol. The number of carbonyl (C=O) groups is 1. The average molecular weight is 214 g/mol. The first-order valence-electron chi connectivity index (χ1n) is 4.82. The number of hydrogen-bond donors (Lipinski definition) is 0. The number of rotatable bonds is 1. The van der Waals surface area contributed by atoms with E-state index in [-0.39, 0.29) is 17.6 Å². The Morgan fingerprint density at radius 3 is 2.64 bits per heavy atom. The average Bonchev–Trinajstić information content (AvgIpc) is 2.09. The van der Waals surface area contributed by atoms with Crippen LogP contribution in [-0.2, 0) is 14.0 Å². The van der Waals surface area contributed by atoms with Crippen LogP contribution in [0.2, 0.25) is 18.6 Å². The van der Waals surface area contributed by atoms with Gasteiger partial charge in [0.25, 0.3) is 0 Å². The molecule has 0 aromatic carbocycles. The minimum absolute atomic E-state index is 0.137. The summed E-state index contributed by atoms with van der Waals surface area (Å²) in [6.07, 6.45) is 2.14. The first kappa shape index (κ1) is 11.5. The molecule has 0 fully saturated rings. The summed E-state index contributed by atoms with van der Waals surface area (Å²) in [5, 5.41) is 0. The third kappa shape index (κ3) is 2.07. The van der Waals surface area contributed by atoms with Gasteiger partial charge in [-0.2, -0.15) is 0 Å². The maximum Gasteiger partial charge on any atom is 0.312 e. The van der Waals surface area contributed by atoms with Gasteiger partial charge in [-0.15, -0.1) is 0 Å². The zero-order valence-electron chi connectivity index (χ0n) is 9.46. The molecule has 0 aliphatic carbocycles. The number of hydrogen-bond acceptors (Lipinski definition) is 3. The molecule has 4 heteroatoms. The van der Waals surface area contributed by atoms with E-state index in [1.807, 2.05) is 33.0 Å². The smallest absolute Gasteiger partial charge is 0.312 e. The Balaban J connectivity index is 2.97. The quantitative estimate of drug-likeness (QED) is 0.381. The fourth-order valence-electron chi connectivity index (χ4n) is 1.70. The molecule has 0 amide bonds. The minimum Gasteiger partial charge on any atom is -0.469 e. The zero-order chi connectivity index (χ0) is 10.9. The Bertz CT molecular complexity index is 271. The summed E-state index contributed by atoms with van der Waals surface area (Å²) < 4.78 is 10.7. The lowest BCUT2D eigenvalue weighted by molar-refractivity contribution is -0.140. The maximum absolute atomic E-state index is 11.5. The fourth-order valence-corrected chi connectivity index (χ4v) is 4.29. The van der Waals surface area contributed by atoms with E-state index < -0.39 is 8.32 Å². The number of carbonyl (C=O) groups excluding carboxylic acids is 1. The van der Waals surface area contributed by atoms with Gasteiger partial charge in [0.1, 0.15) is 0 Å². The lowest BCUT2D eigenvalue weighted by atomic mass is 10.1. The fraction of sp³-hybridized carbons (Fsp3) is 0.700. The Labute approximate surface area is 86.2 Å². The zero-order valence-corrected chi connectivity index (χ0v) is 10.5. The second-order valence-corrected chi connectivity index (χ2v) is 8.34. The van der Waals surface area contributed by atoms with Gasteiger partial charge in [0.15, 0.2) is 0 Å². The third-order valence-electron chi connectivity index (χ3n) is 2.76. The highest BCUT2D eigenvalue weighted by Gasteiger charge is 2.42. The lowest BCUT2D eigenvalue weighted by Crippen LogP contribution is -2.46. The molecule has 0 aromatic heterocycles. The molecular weight excluding hydrogens is 196 g/mol. The van der Waals surface area contributed by atoms with E-state index >= 15 is 0 Å². The summed E-state index contributed by atoms with van der Waals surface area (Å²) in [5.41, 5.74) is 0.955. The maximum atomic E-state index is 11.5. The third-order valence-corrected chi connectivity index (χ3v) is 5.62. The van der Waals surface area contributed by atoms with Crippen LogP contribution in [0, 0.1) is 0 Å². The first-order chi connectivity index (χ1) is 6.38. The van der Waals surface area contributed by atoms with Crippen molar-refractivity contribution in [2.24, 2.45) is 0 Å². The van der Waals surface area contributed by atoms with Crippen LogP contribution in [-0.4, -0.2) is 27.5 Å². The minimum atomic E-state index is -1.96. The van der Waals surface area contributed by atoms with Crippen LogP contribution in [0.25, 0.3) is 0 Å². The van der Waals surface area contributed by atoms with Gasteiger partial charge in [-0.3, -0.25) is 4.79 Å². The van der Waals surface area contributed by atoms with E-state index in [1.54, 1.807) is 0 Å². The summed E-state index contributed by atoms with van der Waals surface area (Å²) >= 11 is 0. The number of esters is 1. The van der Waals surface area contributed by atoms with E-state index in [9.17, 15) is 4.79 Å². The Morgan fingerprint density at radius 2 is 2.14 bits per heavy atom. The summed E-state index contributed by atoms with van der Waals surface area (Å²) in [6.45, 7) is 8.11. The van der Waals surface area contributed by atoms with Gasteiger partial charge < -0.3 is 9.16 Å². The van der Waals surface area contributed by atoms with E-state index in [0.717, 1.165) is 5.57 Å². The Hall–Kier alpha value is -0.613.